The highest BCUT2D eigenvalue weighted by Crippen LogP contribution is 2.44. The topological polar surface area (TPSA) is 56.7 Å². The van der Waals surface area contributed by atoms with Gasteiger partial charge in [-0.1, -0.05) is 133 Å². The largest absolute Gasteiger partial charge is 0.455 e. The molecule has 50 heavy (non-hydrogen) atoms. The fourth-order valence-corrected chi connectivity index (χ4v) is 6.98. The Kier molecular flexibility index (Phi) is 5.35. The highest BCUT2D eigenvalue weighted by atomic mass is 16.3. The Morgan fingerprint density at radius 3 is 1.70 bits per heavy atom. The summed E-state index contributed by atoms with van der Waals surface area (Å²) in [6, 6.07) is 43.3. The van der Waals surface area contributed by atoms with E-state index in [0.717, 1.165) is 44.0 Å². The fourth-order valence-electron chi connectivity index (χ4n) is 6.98. The molecular weight excluding hydrogens is 613 g/mol. The number of hydrogen-bond donors (Lipinski definition) is 0. The first-order valence-electron chi connectivity index (χ1n) is 18.8. The molecule has 5 nitrogen and oxygen atoms in total. The third kappa shape index (κ3) is 4.45. The van der Waals surface area contributed by atoms with E-state index in [4.69, 9.17) is 26.2 Å². The van der Waals surface area contributed by atoms with Gasteiger partial charge in [-0.05, 0) is 42.0 Å². The molecular formula is C45H28N4O. The van der Waals surface area contributed by atoms with E-state index in [1.54, 1.807) is 0 Å². The molecule has 0 bridgehead atoms. The molecule has 10 aromatic rings. The maximum absolute atomic E-state index is 9.16. The van der Waals surface area contributed by atoms with Crippen molar-refractivity contribution in [2.45, 2.75) is 0 Å². The van der Waals surface area contributed by atoms with Gasteiger partial charge in [0.1, 0.15) is 11.2 Å². The number of benzene rings is 7. The molecule has 3 aromatic heterocycles. The van der Waals surface area contributed by atoms with Gasteiger partial charge in [0.2, 0.25) is 0 Å². The molecule has 10 rings (SSSR count). The van der Waals surface area contributed by atoms with E-state index in [2.05, 4.69) is 34.9 Å². The van der Waals surface area contributed by atoms with E-state index in [1.807, 2.05) is 109 Å². The van der Waals surface area contributed by atoms with Crippen LogP contribution in [0.25, 0.3) is 94.7 Å². The molecule has 0 atom stereocenters. The first kappa shape index (κ1) is 23.5. The number of rotatable bonds is 5. The van der Waals surface area contributed by atoms with E-state index >= 15 is 0 Å². The Hall–Kier alpha value is -6.85. The second-order valence-electron chi connectivity index (χ2n) is 12.0. The predicted molar refractivity (Wildman–Crippen MR) is 203 cm³/mol. The minimum Gasteiger partial charge on any atom is -0.455 e. The van der Waals surface area contributed by atoms with E-state index in [9.17, 15) is 0 Å². The SMILES string of the molecule is [2H]c1c([2H])c([2H])c(-c2c(-c3nc(-c4ccccc4)nc(-c4ccccc4)n3)ccc3c2oc2cccc(-n4c5ccccc5c5ccccc54)c23)c([2H])c1[2H]. The van der Waals surface area contributed by atoms with E-state index in [0.29, 0.717) is 39.3 Å². The Balaban J connectivity index is 1.34. The monoisotopic (exact) mass is 645 g/mol. The van der Waals surface area contributed by atoms with Crippen LogP contribution in [0.1, 0.15) is 6.85 Å². The van der Waals surface area contributed by atoms with Gasteiger partial charge in [0.05, 0.1) is 29.0 Å². The third-order valence-electron chi connectivity index (χ3n) is 9.15. The van der Waals surface area contributed by atoms with Crippen molar-refractivity contribution in [1.29, 1.82) is 0 Å². The number of aromatic nitrogens is 4. The van der Waals surface area contributed by atoms with Gasteiger partial charge in [0.15, 0.2) is 17.5 Å². The van der Waals surface area contributed by atoms with Crippen molar-refractivity contribution in [3.8, 4) is 51.0 Å². The molecule has 0 saturated heterocycles. The summed E-state index contributed by atoms with van der Waals surface area (Å²) in [5.41, 5.74) is 6.12. The molecule has 0 spiro atoms. The van der Waals surface area contributed by atoms with Gasteiger partial charge >= 0.3 is 0 Å². The lowest BCUT2D eigenvalue weighted by molar-refractivity contribution is 0.670. The molecule has 0 aliphatic heterocycles. The summed E-state index contributed by atoms with van der Waals surface area (Å²) in [6.45, 7) is 0. The molecule has 0 aliphatic rings. The molecule has 0 radical (unpaired) electrons. The number of nitrogens with zero attached hydrogens (tertiary/aromatic N) is 4. The van der Waals surface area contributed by atoms with Crippen LogP contribution in [0.4, 0.5) is 0 Å². The molecule has 0 aliphatic carbocycles. The Morgan fingerprint density at radius 1 is 0.480 bits per heavy atom. The van der Waals surface area contributed by atoms with Crippen molar-refractivity contribution in [2.24, 2.45) is 0 Å². The zero-order valence-corrected chi connectivity index (χ0v) is 26.5. The van der Waals surface area contributed by atoms with Crippen LogP contribution >= 0.6 is 0 Å². The van der Waals surface area contributed by atoms with Crippen LogP contribution in [-0.2, 0) is 0 Å². The zero-order chi connectivity index (χ0) is 37.4. The molecule has 0 fully saturated rings. The van der Waals surface area contributed by atoms with Crippen LogP contribution in [-0.4, -0.2) is 19.5 Å². The van der Waals surface area contributed by atoms with Gasteiger partial charge < -0.3 is 8.98 Å². The summed E-state index contributed by atoms with van der Waals surface area (Å²) in [5.74, 6) is 1.11. The summed E-state index contributed by atoms with van der Waals surface area (Å²) in [4.78, 5) is 14.8. The number of furan rings is 1. The van der Waals surface area contributed by atoms with E-state index in [-0.39, 0.29) is 23.5 Å². The maximum Gasteiger partial charge on any atom is 0.164 e. The van der Waals surface area contributed by atoms with Crippen LogP contribution in [0.3, 0.4) is 0 Å². The summed E-state index contributed by atoms with van der Waals surface area (Å²) in [6.07, 6.45) is 0. The minimum absolute atomic E-state index is 0.00740. The Bertz CT molecular complexity index is 3020. The Morgan fingerprint density at radius 2 is 1.06 bits per heavy atom. The second kappa shape index (κ2) is 11.4. The average molecular weight is 646 g/mol. The second-order valence-corrected chi connectivity index (χ2v) is 12.0. The van der Waals surface area contributed by atoms with Crippen LogP contribution in [0.2, 0.25) is 0 Å². The van der Waals surface area contributed by atoms with Crippen molar-refractivity contribution in [1.82, 2.24) is 19.5 Å². The molecule has 0 amide bonds. The van der Waals surface area contributed by atoms with Gasteiger partial charge in [-0.2, -0.15) is 0 Å². The molecule has 3 heterocycles. The minimum atomic E-state index is -0.483. The van der Waals surface area contributed by atoms with Gasteiger partial charge in [-0.15, -0.1) is 0 Å². The van der Waals surface area contributed by atoms with Crippen LogP contribution in [0.15, 0.2) is 174 Å². The van der Waals surface area contributed by atoms with Crippen molar-refractivity contribution in [3.05, 3.63) is 170 Å². The lowest BCUT2D eigenvalue weighted by Crippen LogP contribution is -2.01. The zero-order valence-electron chi connectivity index (χ0n) is 31.5. The lowest BCUT2D eigenvalue weighted by atomic mass is 9.95. The summed E-state index contributed by atoms with van der Waals surface area (Å²) < 4.78 is 53.1. The molecule has 0 N–H and O–H groups in total. The quantitative estimate of drug-likeness (QED) is 0.187. The van der Waals surface area contributed by atoms with E-state index in [1.165, 1.54) is 0 Å². The molecule has 234 valence electrons. The Labute approximate surface area is 294 Å². The molecule has 0 saturated carbocycles. The van der Waals surface area contributed by atoms with Crippen LogP contribution < -0.4 is 0 Å². The van der Waals surface area contributed by atoms with Gasteiger partial charge in [0.25, 0.3) is 0 Å². The normalized spacial score (nSPS) is 13.0. The summed E-state index contributed by atoms with van der Waals surface area (Å²) in [7, 11) is 0. The van der Waals surface area contributed by atoms with Gasteiger partial charge in [-0.25, -0.2) is 15.0 Å². The summed E-state index contributed by atoms with van der Waals surface area (Å²) in [5, 5.41) is 3.75. The standard InChI is InChI=1S/C45H28N4O/c1-4-15-29(16-5-1)40-35(45-47-43(30-17-6-2-7-18-30)46-44(48-45)31-19-8-3-9-20-31)28-27-34-41-38(25-14-26-39(41)50-42(34)40)49-36-23-12-10-21-32(36)33-22-11-13-24-37(33)49/h1-28H/i1D,4D,5D,15D,16D. The third-order valence-corrected chi connectivity index (χ3v) is 9.15. The first-order valence-corrected chi connectivity index (χ1v) is 16.3. The predicted octanol–water partition coefficient (Wildman–Crippen LogP) is 11.5. The van der Waals surface area contributed by atoms with Crippen molar-refractivity contribution >= 4 is 43.7 Å². The van der Waals surface area contributed by atoms with Crippen molar-refractivity contribution in [2.75, 3.05) is 0 Å². The molecule has 7 aromatic carbocycles. The average Bonchev–Trinajstić information content (AvgIpc) is 3.79. The molecule has 5 heteroatoms. The summed E-state index contributed by atoms with van der Waals surface area (Å²) >= 11 is 0. The van der Waals surface area contributed by atoms with Crippen LogP contribution in [0.5, 0.6) is 0 Å². The molecule has 0 unspecified atom stereocenters. The fraction of sp³-hybridized carbons (Fsp3) is 0. The number of para-hydroxylation sites is 2. The maximum atomic E-state index is 9.16. The van der Waals surface area contributed by atoms with Crippen molar-refractivity contribution in [3.63, 3.8) is 0 Å². The highest BCUT2D eigenvalue weighted by Gasteiger charge is 2.23. The first-order chi connectivity index (χ1) is 26.9. The number of fused-ring (bicyclic) bond motifs is 6. The smallest absolute Gasteiger partial charge is 0.164 e. The van der Waals surface area contributed by atoms with Crippen molar-refractivity contribution < 1.29 is 11.3 Å². The van der Waals surface area contributed by atoms with Gasteiger partial charge in [-0.3, -0.25) is 0 Å². The van der Waals surface area contributed by atoms with Crippen LogP contribution in [0, 0.1) is 0 Å². The highest BCUT2D eigenvalue weighted by molar-refractivity contribution is 6.17. The number of hydrogen-bond acceptors (Lipinski definition) is 4. The van der Waals surface area contributed by atoms with E-state index < -0.39 is 18.1 Å². The lowest BCUT2D eigenvalue weighted by Gasteiger charge is -2.13. The van der Waals surface area contributed by atoms with Gasteiger partial charge in [0, 0.05) is 38.4 Å².